The Labute approximate surface area is 112 Å². The number of amides is 1. The highest BCUT2D eigenvalue weighted by Gasteiger charge is 2.31. The third kappa shape index (κ3) is 3.91. The Morgan fingerprint density at radius 1 is 1.26 bits per heavy atom. The van der Waals surface area contributed by atoms with Crippen LogP contribution in [0.2, 0.25) is 0 Å². The number of carbonyl (C=O) groups is 2. The van der Waals surface area contributed by atoms with Gasteiger partial charge in [0, 0.05) is 13.2 Å². The first-order chi connectivity index (χ1) is 9.18. The van der Waals surface area contributed by atoms with Crippen LogP contribution in [0.4, 0.5) is 0 Å². The highest BCUT2D eigenvalue weighted by Crippen LogP contribution is 2.17. The number of carbonyl (C=O) groups excluding carboxylic acids is 1. The summed E-state index contributed by atoms with van der Waals surface area (Å²) in [5, 5.41) is 9.10. The molecule has 2 rings (SSSR count). The van der Waals surface area contributed by atoms with Crippen molar-refractivity contribution in [2.24, 2.45) is 0 Å². The summed E-state index contributed by atoms with van der Waals surface area (Å²) < 4.78 is 10.7. The third-order valence-electron chi connectivity index (χ3n) is 3.66. The number of carboxylic acid groups (broad SMARTS) is 1. The summed E-state index contributed by atoms with van der Waals surface area (Å²) in [7, 11) is 0. The molecule has 0 aliphatic carbocycles. The number of piperidine rings is 1. The fourth-order valence-corrected chi connectivity index (χ4v) is 2.62. The van der Waals surface area contributed by atoms with E-state index >= 15 is 0 Å². The van der Waals surface area contributed by atoms with Gasteiger partial charge < -0.3 is 19.5 Å². The zero-order valence-corrected chi connectivity index (χ0v) is 11.0. The number of hydrogen-bond donors (Lipinski definition) is 1. The van der Waals surface area contributed by atoms with Crippen LogP contribution in [-0.2, 0) is 19.1 Å². The first-order valence-electron chi connectivity index (χ1n) is 6.90. The molecule has 108 valence electrons. The molecule has 2 heterocycles. The Bertz CT molecular complexity index is 327. The van der Waals surface area contributed by atoms with Gasteiger partial charge in [-0.2, -0.15) is 0 Å². The van der Waals surface area contributed by atoms with E-state index in [1.54, 1.807) is 0 Å². The number of rotatable bonds is 5. The summed E-state index contributed by atoms with van der Waals surface area (Å²) >= 11 is 0. The number of likely N-dealkylation sites (tertiary alicyclic amines) is 1. The molecular formula is C13H21NO5. The molecule has 0 aromatic heterocycles. The lowest BCUT2D eigenvalue weighted by atomic mass is 10.0. The van der Waals surface area contributed by atoms with Crippen molar-refractivity contribution in [3.8, 4) is 0 Å². The fourth-order valence-electron chi connectivity index (χ4n) is 2.62. The molecule has 2 saturated heterocycles. The highest BCUT2D eigenvalue weighted by molar-refractivity contribution is 5.84. The van der Waals surface area contributed by atoms with Gasteiger partial charge in [0.2, 0.25) is 5.91 Å². The Hall–Kier alpha value is -1.14. The molecule has 0 saturated carbocycles. The summed E-state index contributed by atoms with van der Waals surface area (Å²) in [4.78, 5) is 24.5. The Morgan fingerprint density at radius 2 is 2.11 bits per heavy atom. The molecule has 19 heavy (non-hydrogen) atoms. The summed E-state index contributed by atoms with van der Waals surface area (Å²) in [5.41, 5.74) is 0. The van der Waals surface area contributed by atoms with Crippen LogP contribution >= 0.6 is 0 Å². The maximum atomic E-state index is 12.0. The normalized spacial score (nSPS) is 27.5. The van der Waals surface area contributed by atoms with Crippen molar-refractivity contribution in [1.29, 1.82) is 0 Å². The quantitative estimate of drug-likeness (QED) is 0.794. The van der Waals surface area contributed by atoms with Gasteiger partial charge in [-0.1, -0.05) is 0 Å². The fraction of sp³-hybridized carbons (Fsp3) is 0.846. The van der Waals surface area contributed by atoms with Crippen LogP contribution < -0.4 is 0 Å². The minimum absolute atomic E-state index is 0.0519. The van der Waals surface area contributed by atoms with E-state index in [1.165, 1.54) is 4.90 Å². The van der Waals surface area contributed by atoms with Crippen molar-refractivity contribution in [2.75, 3.05) is 26.4 Å². The number of aliphatic carboxylic acids is 1. The lowest BCUT2D eigenvalue weighted by Gasteiger charge is -2.32. The average Bonchev–Trinajstić information content (AvgIpc) is 2.91. The molecule has 0 bridgehead atoms. The minimum Gasteiger partial charge on any atom is -0.480 e. The van der Waals surface area contributed by atoms with Gasteiger partial charge in [0.15, 0.2) is 0 Å². The van der Waals surface area contributed by atoms with Gasteiger partial charge in [-0.3, -0.25) is 4.79 Å². The van der Waals surface area contributed by atoms with E-state index in [1.807, 2.05) is 0 Å². The van der Waals surface area contributed by atoms with Crippen LogP contribution in [-0.4, -0.2) is 60.4 Å². The van der Waals surface area contributed by atoms with Crippen LogP contribution in [0.3, 0.4) is 0 Å². The molecular weight excluding hydrogens is 250 g/mol. The topological polar surface area (TPSA) is 76.1 Å². The van der Waals surface area contributed by atoms with Gasteiger partial charge in [-0.05, 0) is 32.1 Å². The first-order valence-corrected chi connectivity index (χ1v) is 6.90. The number of ether oxygens (including phenoxy) is 2. The lowest BCUT2D eigenvalue weighted by Crippen LogP contribution is -2.49. The largest absolute Gasteiger partial charge is 0.480 e. The van der Waals surface area contributed by atoms with Crippen LogP contribution in [0.1, 0.15) is 32.1 Å². The maximum absolute atomic E-state index is 12.0. The van der Waals surface area contributed by atoms with Crippen molar-refractivity contribution in [3.05, 3.63) is 0 Å². The molecule has 0 aromatic rings. The van der Waals surface area contributed by atoms with Crippen molar-refractivity contribution in [3.63, 3.8) is 0 Å². The molecule has 6 nitrogen and oxygen atoms in total. The van der Waals surface area contributed by atoms with Gasteiger partial charge >= 0.3 is 5.97 Å². The van der Waals surface area contributed by atoms with E-state index in [-0.39, 0.29) is 18.6 Å². The molecule has 0 unspecified atom stereocenters. The number of carboxylic acids is 1. The van der Waals surface area contributed by atoms with Crippen LogP contribution in [0.15, 0.2) is 0 Å². The highest BCUT2D eigenvalue weighted by atomic mass is 16.5. The molecule has 2 fully saturated rings. The maximum Gasteiger partial charge on any atom is 0.326 e. The summed E-state index contributed by atoms with van der Waals surface area (Å²) in [6, 6.07) is -0.687. The van der Waals surface area contributed by atoms with Crippen molar-refractivity contribution in [2.45, 2.75) is 44.2 Å². The van der Waals surface area contributed by atoms with Gasteiger partial charge in [0.05, 0.1) is 12.7 Å². The van der Waals surface area contributed by atoms with E-state index in [4.69, 9.17) is 14.6 Å². The molecule has 6 heteroatoms. The monoisotopic (exact) mass is 271 g/mol. The van der Waals surface area contributed by atoms with E-state index in [2.05, 4.69) is 0 Å². The summed E-state index contributed by atoms with van der Waals surface area (Å²) in [6.07, 6.45) is 4.35. The SMILES string of the molecule is O=C(O)[C@H]1CCCCN1C(=O)COC[C@H]1CCCO1. The predicted molar refractivity (Wildman–Crippen MR) is 66.8 cm³/mol. The molecule has 0 radical (unpaired) electrons. The van der Waals surface area contributed by atoms with E-state index in [0.717, 1.165) is 32.3 Å². The zero-order chi connectivity index (χ0) is 13.7. The van der Waals surface area contributed by atoms with Gasteiger partial charge in [0.25, 0.3) is 0 Å². The van der Waals surface area contributed by atoms with E-state index in [9.17, 15) is 9.59 Å². The smallest absolute Gasteiger partial charge is 0.326 e. The van der Waals surface area contributed by atoms with Crippen molar-refractivity contribution >= 4 is 11.9 Å². The first kappa shape index (κ1) is 14.3. The van der Waals surface area contributed by atoms with Gasteiger partial charge in [-0.25, -0.2) is 4.79 Å². The minimum atomic E-state index is -0.924. The van der Waals surface area contributed by atoms with Crippen LogP contribution in [0, 0.1) is 0 Å². The Morgan fingerprint density at radius 3 is 2.79 bits per heavy atom. The average molecular weight is 271 g/mol. The van der Waals surface area contributed by atoms with Crippen molar-refractivity contribution < 1.29 is 24.2 Å². The molecule has 0 spiro atoms. The summed E-state index contributed by atoms with van der Waals surface area (Å²) in [5.74, 6) is -1.16. The molecule has 1 amide bonds. The third-order valence-corrected chi connectivity index (χ3v) is 3.66. The Kier molecular flexibility index (Phi) is 5.15. The molecule has 2 atom stereocenters. The van der Waals surface area contributed by atoms with E-state index in [0.29, 0.717) is 19.6 Å². The molecule has 2 aliphatic heterocycles. The van der Waals surface area contributed by atoms with Crippen LogP contribution in [0.25, 0.3) is 0 Å². The van der Waals surface area contributed by atoms with E-state index < -0.39 is 12.0 Å². The van der Waals surface area contributed by atoms with Gasteiger partial charge in [-0.15, -0.1) is 0 Å². The zero-order valence-electron chi connectivity index (χ0n) is 11.0. The molecule has 0 aromatic carbocycles. The lowest BCUT2D eigenvalue weighted by molar-refractivity contribution is -0.154. The Balaban J connectivity index is 1.75. The van der Waals surface area contributed by atoms with Crippen molar-refractivity contribution in [1.82, 2.24) is 4.90 Å². The molecule has 1 N–H and O–H groups in total. The van der Waals surface area contributed by atoms with Crippen LogP contribution in [0.5, 0.6) is 0 Å². The second-order valence-electron chi connectivity index (χ2n) is 5.09. The standard InChI is InChI=1S/C13H21NO5/c15-12(9-18-8-10-4-3-7-19-10)14-6-2-1-5-11(14)13(16)17/h10-11H,1-9H2,(H,16,17)/t10-,11-/m1/s1. The van der Waals surface area contributed by atoms with Gasteiger partial charge in [0.1, 0.15) is 12.6 Å². The molecule has 2 aliphatic rings. The number of hydrogen-bond acceptors (Lipinski definition) is 4. The summed E-state index contributed by atoms with van der Waals surface area (Å²) in [6.45, 7) is 1.63. The number of nitrogens with zero attached hydrogens (tertiary/aromatic N) is 1. The second-order valence-corrected chi connectivity index (χ2v) is 5.09. The second kappa shape index (κ2) is 6.86. The predicted octanol–water partition coefficient (Wildman–Crippen LogP) is 0.648.